The molecule has 5 heteroatoms. The predicted molar refractivity (Wildman–Crippen MR) is 82.1 cm³/mol. The van der Waals surface area contributed by atoms with E-state index in [9.17, 15) is 0 Å². The van der Waals surface area contributed by atoms with Crippen LogP contribution < -0.4 is 15.5 Å². The van der Waals surface area contributed by atoms with Gasteiger partial charge in [-0.2, -0.15) is 0 Å². The van der Waals surface area contributed by atoms with E-state index in [2.05, 4.69) is 45.4 Å². The lowest BCUT2D eigenvalue weighted by molar-refractivity contribution is 0.340. The van der Waals surface area contributed by atoms with Gasteiger partial charge >= 0.3 is 0 Å². The first-order chi connectivity index (χ1) is 9.72. The van der Waals surface area contributed by atoms with Gasteiger partial charge in [0.25, 0.3) is 0 Å². The van der Waals surface area contributed by atoms with Crippen molar-refractivity contribution < 1.29 is 0 Å². The fourth-order valence-electron chi connectivity index (χ4n) is 3.16. The summed E-state index contributed by atoms with van der Waals surface area (Å²) in [5.41, 5.74) is 0. The van der Waals surface area contributed by atoms with Gasteiger partial charge in [0.1, 0.15) is 18.0 Å². The smallest absolute Gasteiger partial charge is 0.134 e. The summed E-state index contributed by atoms with van der Waals surface area (Å²) in [5, 5.41) is 7.01. The third-order valence-corrected chi connectivity index (χ3v) is 4.27. The molecule has 1 aromatic heterocycles. The van der Waals surface area contributed by atoms with Crippen molar-refractivity contribution in [3.05, 3.63) is 12.4 Å². The molecule has 0 saturated carbocycles. The van der Waals surface area contributed by atoms with Gasteiger partial charge in [-0.15, -0.1) is 0 Å². The van der Waals surface area contributed by atoms with E-state index in [4.69, 9.17) is 0 Å². The summed E-state index contributed by atoms with van der Waals surface area (Å²) in [5.74, 6) is 3.40. The molecular formula is C15H25N5. The third-order valence-electron chi connectivity index (χ3n) is 4.27. The summed E-state index contributed by atoms with van der Waals surface area (Å²) >= 11 is 0. The first kappa shape index (κ1) is 13.6. The Balaban J connectivity index is 1.66. The van der Waals surface area contributed by atoms with E-state index in [1.807, 2.05) is 0 Å². The molecule has 0 amide bonds. The molecule has 2 aliphatic heterocycles. The second kappa shape index (κ2) is 5.95. The molecule has 0 bridgehead atoms. The highest BCUT2D eigenvalue weighted by molar-refractivity contribution is 5.49. The van der Waals surface area contributed by atoms with Crippen molar-refractivity contribution in [3.8, 4) is 0 Å². The van der Waals surface area contributed by atoms with Crippen LogP contribution in [0.2, 0.25) is 0 Å². The maximum absolute atomic E-state index is 4.45. The number of nitrogens with one attached hydrogen (secondary N) is 2. The Kier molecular flexibility index (Phi) is 4.05. The lowest BCUT2D eigenvalue weighted by Crippen LogP contribution is -2.40. The predicted octanol–water partition coefficient (Wildman–Crippen LogP) is 1.73. The Morgan fingerprint density at radius 2 is 2.30 bits per heavy atom. The number of hydrogen-bond acceptors (Lipinski definition) is 5. The van der Waals surface area contributed by atoms with E-state index in [0.29, 0.717) is 12.0 Å². The first-order valence-corrected chi connectivity index (χ1v) is 7.76. The van der Waals surface area contributed by atoms with Crippen LogP contribution in [0.5, 0.6) is 0 Å². The molecule has 3 heterocycles. The van der Waals surface area contributed by atoms with E-state index in [1.54, 1.807) is 6.33 Å². The van der Waals surface area contributed by atoms with Crippen LogP contribution in [0.15, 0.2) is 12.4 Å². The minimum absolute atomic E-state index is 0.618. The second-order valence-electron chi connectivity index (χ2n) is 6.40. The molecular weight excluding hydrogens is 250 g/mol. The Labute approximate surface area is 121 Å². The van der Waals surface area contributed by atoms with Crippen LogP contribution in [0.1, 0.15) is 26.7 Å². The SMILES string of the molecule is CC(C)CNc1cc(N2CC3CCCN[C@H]3C2)ncn1. The van der Waals surface area contributed by atoms with Crippen LogP contribution in [0.25, 0.3) is 0 Å². The minimum Gasteiger partial charge on any atom is -0.370 e. The molecule has 2 saturated heterocycles. The molecule has 2 fully saturated rings. The Morgan fingerprint density at radius 3 is 3.10 bits per heavy atom. The fraction of sp³-hybridized carbons (Fsp3) is 0.733. The van der Waals surface area contributed by atoms with Gasteiger partial charge < -0.3 is 15.5 Å². The lowest BCUT2D eigenvalue weighted by Gasteiger charge is -2.24. The van der Waals surface area contributed by atoms with Gasteiger partial charge in [0.2, 0.25) is 0 Å². The molecule has 1 unspecified atom stereocenters. The van der Waals surface area contributed by atoms with E-state index in [-0.39, 0.29) is 0 Å². The highest BCUT2D eigenvalue weighted by Crippen LogP contribution is 2.28. The van der Waals surface area contributed by atoms with Crippen LogP contribution in [0.4, 0.5) is 11.6 Å². The maximum Gasteiger partial charge on any atom is 0.134 e. The minimum atomic E-state index is 0.618. The Hall–Kier alpha value is -1.36. The van der Waals surface area contributed by atoms with Crippen molar-refractivity contribution in [1.29, 1.82) is 0 Å². The second-order valence-corrected chi connectivity index (χ2v) is 6.40. The van der Waals surface area contributed by atoms with Gasteiger partial charge in [0, 0.05) is 31.7 Å². The average molecular weight is 275 g/mol. The van der Waals surface area contributed by atoms with Crippen LogP contribution in [0.3, 0.4) is 0 Å². The fourth-order valence-corrected chi connectivity index (χ4v) is 3.16. The number of rotatable bonds is 4. The molecule has 2 aliphatic rings. The standard InChI is InChI=1S/C15H25N5/c1-11(2)7-17-14-6-15(19-10-18-14)20-8-12-4-3-5-16-13(12)9-20/h6,10-13,16H,3-5,7-9H2,1-2H3,(H,17,18,19)/t12?,13-/m0/s1. The molecule has 2 N–H and O–H groups in total. The van der Waals surface area contributed by atoms with Crippen molar-refractivity contribution in [2.24, 2.45) is 11.8 Å². The zero-order valence-corrected chi connectivity index (χ0v) is 12.5. The summed E-state index contributed by atoms with van der Waals surface area (Å²) in [4.78, 5) is 11.2. The third kappa shape index (κ3) is 3.03. The maximum atomic E-state index is 4.45. The lowest BCUT2D eigenvalue weighted by atomic mass is 9.94. The molecule has 3 rings (SSSR count). The normalized spacial score (nSPS) is 25.9. The van der Waals surface area contributed by atoms with Crippen LogP contribution in [0, 0.1) is 11.8 Å². The largest absolute Gasteiger partial charge is 0.370 e. The molecule has 20 heavy (non-hydrogen) atoms. The zero-order valence-electron chi connectivity index (χ0n) is 12.5. The molecule has 5 nitrogen and oxygen atoms in total. The Morgan fingerprint density at radius 1 is 1.40 bits per heavy atom. The molecule has 110 valence electrons. The van der Waals surface area contributed by atoms with Crippen molar-refractivity contribution in [2.75, 3.05) is 36.4 Å². The topological polar surface area (TPSA) is 53.1 Å². The number of nitrogens with zero attached hydrogens (tertiary/aromatic N) is 3. The van der Waals surface area contributed by atoms with Gasteiger partial charge in [0.15, 0.2) is 0 Å². The van der Waals surface area contributed by atoms with Gasteiger partial charge in [-0.25, -0.2) is 9.97 Å². The molecule has 2 atom stereocenters. The van der Waals surface area contributed by atoms with Crippen molar-refractivity contribution in [1.82, 2.24) is 15.3 Å². The van der Waals surface area contributed by atoms with E-state index in [0.717, 1.165) is 37.2 Å². The Bertz CT molecular complexity index is 434. The highest BCUT2D eigenvalue weighted by atomic mass is 15.3. The summed E-state index contributed by atoms with van der Waals surface area (Å²) in [6.07, 6.45) is 4.32. The van der Waals surface area contributed by atoms with Crippen LogP contribution in [-0.2, 0) is 0 Å². The number of fused-ring (bicyclic) bond motifs is 1. The van der Waals surface area contributed by atoms with E-state index >= 15 is 0 Å². The molecule has 0 aromatic carbocycles. The number of anilines is 2. The van der Waals surface area contributed by atoms with Gasteiger partial charge in [-0.05, 0) is 31.2 Å². The van der Waals surface area contributed by atoms with Crippen LogP contribution >= 0.6 is 0 Å². The van der Waals surface area contributed by atoms with Crippen molar-refractivity contribution >= 4 is 11.6 Å². The van der Waals surface area contributed by atoms with Crippen LogP contribution in [-0.4, -0.2) is 42.2 Å². The number of aromatic nitrogens is 2. The summed E-state index contributed by atoms with van der Waals surface area (Å²) in [6, 6.07) is 2.73. The number of hydrogen-bond donors (Lipinski definition) is 2. The van der Waals surface area contributed by atoms with Gasteiger partial charge in [-0.1, -0.05) is 13.8 Å². The molecule has 0 radical (unpaired) electrons. The quantitative estimate of drug-likeness (QED) is 0.876. The van der Waals surface area contributed by atoms with E-state index < -0.39 is 0 Å². The first-order valence-electron chi connectivity index (χ1n) is 7.76. The molecule has 1 aromatic rings. The van der Waals surface area contributed by atoms with E-state index in [1.165, 1.54) is 19.4 Å². The average Bonchev–Trinajstić information content (AvgIpc) is 2.89. The summed E-state index contributed by atoms with van der Waals surface area (Å²) < 4.78 is 0. The highest BCUT2D eigenvalue weighted by Gasteiger charge is 2.34. The van der Waals surface area contributed by atoms with Crippen molar-refractivity contribution in [3.63, 3.8) is 0 Å². The zero-order chi connectivity index (χ0) is 13.9. The van der Waals surface area contributed by atoms with Crippen molar-refractivity contribution in [2.45, 2.75) is 32.7 Å². The monoisotopic (exact) mass is 275 g/mol. The van der Waals surface area contributed by atoms with Gasteiger partial charge in [0.05, 0.1) is 0 Å². The number of piperidine rings is 1. The molecule has 0 spiro atoms. The molecule has 0 aliphatic carbocycles. The summed E-state index contributed by atoms with van der Waals surface area (Å²) in [7, 11) is 0. The summed E-state index contributed by atoms with van der Waals surface area (Å²) in [6.45, 7) is 8.71. The van der Waals surface area contributed by atoms with Gasteiger partial charge in [-0.3, -0.25) is 0 Å².